The highest BCUT2D eigenvalue weighted by atomic mass is 16.1. The molecular weight excluding hydrogens is 288 g/mol. The molecule has 1 fully saturated rings. The largest absolute Gasteiger partial charge is 0.327 e. The molecule has 0 saturated heterocycles. The maximum Gasteiger partial charge on any atom is 0.225 e. The molecule has 1 aliphatic rings. The van der Waals surface area contributed by atoms with E-state index in [2.05, 4.69) is 23.4 Å². The van der Waals surface area contributed by atoms with Crippen LogP contribution < -0.4 is 11.1 Å². The van der Waals surface area contributed by atoms with E-state index in [0.717, 1.165) is 36.3 Å². The van der Waals surface area contributed by atoms with Crippen molar-refractivity contribution in [2.45, 2.75) is 38.6 Å². The molecule has 0 unspecified atom stereocenters. The Morgan fingerprint density at radius 1 is 1.39 bits per heavy atom. The van der Waals surface area contributed by atoms with Gasteiger partial charge >= 0.3 is 0 Å². The quantitative estimate of drug-likeness (QED) is 0.911. The molecule has 0 aliphatic heterocycles. The number of aromatic nitrogens is 2. The van der Waals surface area contributed by atoms with Gasteiger partial charge in [-0.2, -0.15) is 5.10 Å². The van der Waals surface area contributed by atoms with Crippen LogP contribution in [0.4, 0.5) is 5.82 Å². The Morgan fingerprint density at radius 2 is 2.17 bits per heavy atom. The summed E-state index contributed by atoms with van der Waals surface area (Å²) in [6.07, 6.45) is 3.70. The van der Waals surface area contributed by atoms with Gasteiger partial charge in [-0.05, 0) is 31.2 Å². The molecule has 23 heavy (non-hydrogen) atoms. The molecule has 5 heteroatoms. The molecule has 0 bridgehead atoms. The minimum atomic E-state index is 0.0201. The number of amides is 1. The fourth-order valence-electron chi connectivity index (χ4n) is 3.33. The first-order valence-corrected chi connectivity index (χ1v) is 8.20. The summed E-state index contributed by atoms with van der Waals surface area (Å²) in [5, 5.41) is 7.49. The first-order valence-electron chi connectivity index (χ1n) is 8.20. The van der Waals surface area contributed by atoms with E-state index >= 15 is 0 Å². The van der Waals surface area contributed by atoms with Crippen molar-refractivity contribution in [3.8, 4) is 11.3 Å². The van der Waals surface area contributed by atoms with Crippen molar-refractivity contribution < 1.29 is 4.79 Å². The number of nitrogens with one attached hydrogen (secondary N) is 1. The van der Waals surface area contributed by atoms with Crippen molar-refractivity contribution in [3.63, 3.8) is 0 Å². The molecule has 1 aromatic carbocycles. The zero-order valence-electron chi connectivity index (χ0n) is 13.7. The average molecular weight is 312 g/mol. The highest BCUT2D eigenvalue weighted by Crippen LogP contribution is 2.28. The second-order valence-corrected chi connectivity index (χ2v) is 6.46. The molecule has 122 valence electrons. The summed E-state index contributed by atoms with van der Waals surface area (Å²) in [5.41, 5.74) is 9.18. The first kappa shape index (κ1) is 15.7. The van der Waals surface area contributed by atoms with Crippen molar-refractivity contribution in [2.24, 2.45) is 18.7 Å². The van der Waals surface area contributed by atoms with E-state index in [9.17, 15) is 4.79 Å². The Bertz CT molecular complexity index is 707. The lowest BCUT2D eigenvalue weighted by molar-refractivity contribution is -0.117. The fourth-order valence-corrected chi connectivity index (χ4v) is 3.33. The number of nitrogens with zero attached hydrogens (tertiary/aromatic N) is 2. The molecule has 0 spiro atoms. The second kappa shape index (κ2) is 6.54. The molecule has 3 rings (SSSR count). The summed E-state index contributed by atoms with van der Waals surface area (Å²) in [5.74, 6) is 1.05. The Kier molecular flexibility index (Phi) is 4.48. The zero-order valence-corrected chi connectivity index (χ0v) is 13.7. The van der Waals surface area contributed by atoms with Gasteiger partial charge in [-0.15, -0.1) is 0 Å². The first-order chi connectivity index (χ1) is 11.0. The van der Waals surface area contributed by atoms with Crippen LogP contribution in [-0.2, 0) is 11.8 Å². The van der Waals surface area contributed by atoms with E-state index in [0.29, 0.717) is 12.3 Å². The smallest absolute Gasteiger partial charge is 0.225 e. The van der Waals surface area contributed by atoms with Crippen LogP contribution in [0.25, 0.3) is 11.3 Å². The van der Waals surface area contributed by atoms with Gasteiger partial charge in [0, 0.05) is 31.1 Å². The Labute approximate surface area is 136 Å². The van der Waals surface area contributed by atoms with E-state index in [1.165, 1.54) is 5.56 Å². The van der Waals surface area contributed by atoms with Gasteiger partial charge < -0.3 is 11.1 Å². The normalized spacial score (nSPS) is 20.7. The van der Waals surface area contributed by atoms with E-state index in [4.69, 9.17) is 5.73 Å². The number of hydrogen-bond donors (Lipinski definition) is 2. The van der Waals surface area contributed by atoms with Crippen LogP contribution in [0.15, 0.2) is 30.3 Å². The molecule has 1 aliphatic carbocycles. The summed E-state index contributed by atoms with van der Waals surface area (Å²) in [4.78, 5) is 12.3. The number of aryl methyl sites for hydroxylation is 2. The highest BCUT2D eigenvalue weighted by molar-refractivity contribution is 5.90. The van der Waals surface area contributed by atoms with Crippen LogP contribution >= 0.6 is 0 Å². The van der Waals surface area contributed by atoms with Crippen LogP contribution in [0, 0.1) is 12.8 Å². The second-order valence-electron chi connectivity index (χ2n) is 6.46. The summed E-state index contributed by atoms with van der Waals surface area (Å²) in [6.45, 7) is 2.06. The topological polar surface area (TPSA) is 72.9 Å². The molecule has 2 atom stereocenters. The number of carbonyl (C=O) groups is 1. The standard InChI is InChI=1S/C18H24N4O/c1-12-6-3-4-8-14(12)16-11-17(22(2)21-16)20-18(23)10-13-7-5-9-15(13)19/h3-4,6,8,11,13,15H,5,7,9-10,19H2,1-2H3,(H,20,23)/t13-,15+/m0/s1. The van der Waals surface area contributed by atoms with Crippen LogP contribution in [0.5, 0.6) is 0 Å². The van der Waals surface area contributed by atoms with Gasteiger partial charge in [-0.1, -0.05) is 30.7 Å². The number of carbonyl (C=O) groups excluding carboxylic acids is 1. The third-order valence-electron chi connectivity index (χ3n) is 4.73. The monoisotopic (exact) mass is 312 g/mol. The number of benzene rings is 1. The lowest BCUT2D eigenvalue weighted by Gasteiger charge is -2.14. The van der Waals surface area contributed by atoms with Gasteiger partial charge in [0.2, 0.25) is 5.91 Å². The van der Waals surface area contributed by atoms with Gasteiger partial charge in [0.05, 0.1) is 5.69 Å². The molecule has 1 amide bonds. The Balaban J connectivity index is 1.71. The third kappa shape index (κ3) is 3.45. The predicted octanol–water partition coefficient (Wildman–Crippen LogP) is 2.85. The number of anilines is 1. The zero-order chi connectivity index (χ0) is 16.4. The molecular formula is C18H24N4O. The summed E-state index contributed by atoms with van der Waals surface area (Å²) >= 11 is 0. The average Bonchev–Trinajstić information content (AvgIpc) is 3.07. The summed E-state index contributed by atoms with van der Waals surface area (Å²) < 4.78 is 1.72. The summed E-state index contributed by atoms with van der Waals surface area (Å²) in [6, 6.07) is 10.2. The SMILES string of the molecule is Cc1ccccc1-c1cc(NC(=O)C[C@@H]2CCC[C@H]2N)n(C)n1. The lowest BCUT2D eigenvalue weighted by atomic mass is 10.00. The molecule has 1 heterocycles. The van der Waals surface area contributed by atoms with Gasteiger partial charge in [0.15, 0.2) is 0 Å². The maximum absolute atomic E-state index is 12.3. The molecule has 5 nitrogen and oxygen atoms in total. The summed E-state index contributed by atoms with van der Waals surface area (Å²) in [7, 11) is 1.85. The van der Waals surface area contributed by atoms with Crippen LogP contribution in [-0.4, -0.2) is 21.7 Å². The van der Waals surface area contributed by atoms with Crippen molar-refractivity contribution in [1.82, 2.24) is 9.78 Å². The minimum absolute atomic E-state index is 0.0201. The van der Waals surface area contributed by atoms with E-state index < -0.39 is 0 Å². The predicted molar refractivity (Wildman–Crippen MR) is 91.9 cm³/mol. The minimum Gasteiger partial charge on any atom is -0.327 e. The van der Waals surface area contributed by atoms with Gasteiger partial charge in [-0.25, -0.2) is 0 Å². The van der Waals surface area contributed by atoms with Crippen molar-refractivity contribution >= 4 is 11.7 Å². The molecule has 3 N–H and O–H groups in total. The maximum atomic E-state index is 12.3. The van der Waals surface area contributed by atoms with Crippen molar-refractivity contribution in [3.05, 3.63) is 35.9 Å². The molecule has 1 saturated carbocycles. The molecule has 1 aromatic heterocycles. The molecule has 2 aromatic rings. The number of nitrogens with two attached hydrogens (primary N) is 1. The van der Waals surface area contributed by atoms with Crippen LogP contribution in [0.3, 0.4) is 0 Å². The van der Waals surface area contributed by atoms with Gasteiger partial charge in [0.25, 0.3) is 0 Å². The lowest BCUT2D eigenvalue weighted by Crippen LogP contribution is -2.28. The van der Waals surface area contributed by atoms with E-state index in [1.54, 1.807) is 4.68 Å². The highest BCUT2D eigenvalue weighted by Gasteiger charge is 2.26. The van der Waals surface area contributed by atoms with Crippen LogP contribution in [0.2, 0.25) is 0 Å². The Morgan fingerprint density at radius 3 is 2.87 bits per heavy atom. The fraction of sp³-hybridized carbons (Fsp3) is 0.444. The third-order valence-corrected chi connectivity index (χ3v) is 4.73. The number of rotatable bonds is 4. The van der Waals surface area contributed by atoms with E-state index in [1.807, 2.05) is 31.3 Å². The van der Waals surface area contributed by atoms with Crippen LogP contribution in [0.1, 0.15) is 31.2 Å². The van der Waals surface area contributed by atoms with Gasteiger partial charge in [-0.3, -0.25) is 9.48 Å². The van der Waals surface area contributed by atoms with Crippen molar-refractivity contribution in [1.29, 1.82) is 0 Å². The molecule has 0 radical (unpaired) electrons. The number of hydrogen-bond acceptors (Lipinski definition) is 3. The van der Waals surface area contributed by atoms with Gasteiger partial charge in [0.1, 0.15) is 5.82 Å². The Hall–Kier alpha value is -2.14. The van der Waals surface area contributed by atoms with Crippen molar-refractivity contribution in [2.75, 3.05) is 5.32 Å². The van der Waals surface area contributed by atoms with E-state index in [-0.39, 0.29) is 11.9 Å².